The Balaban J connectivity index is 2.08. The highest BCUT2D eigenvalue weighted by atomic mass is 16.5. The first kappa shape index (κ1) is 6.66. The van der Waals surface area contributed by atoms with Gasteiger partial charge in [-0.1, -0.05) is 0 Å². The molecule has 2 atom stereocenters. The minimum atomic E-state index is 0.196. The van der Waals surface area contributed by atoms with Gasteiger partial charge in [0, 0.05) is 6.61 Å². The molecule has 0 bridgehead atoms. The third kappa shape index (κ3) is 0.800. The molecule has 1 aliphatic carbocycles. The van der Waals surface area contributed by atoms with Gasteiger partial charge in [-0.25, -0.2) is 0 Å². The van der Waals surface area contributed by atoms with Crippen LogP contribution in [0.3, 0.4) is 0 Å². The lowest BCUT2D eigenvalue weighted by molar-refractivity contribution is -0.154. The van der Waals surface area contributed by atoms with Crippen LogP contribution in [0.4, 0.5) is 0 Å². The first-order chi connectivity index (χ1) is 4.70. The molecule has 0 unspecified atom stereocenters. The Morgan fingerprint density at radius 1 is 1.20 bits per heavy atom. The molecule has 1 saturated heterocycles. The van der Waals surface area contributed by atoms with Crippen molar-refractivity contribution in [3.05, 3.63) is 0 Å². The third-order valence-electron chi connectivity index (χ3n) is 3.27. The van der Waals surface area contributed by atoms with Gasteiger partial charge in [0.15, 0.2) is 0 Å². The molecule has 2 fully saturated rings. The molecule has 1 nitrogen and oxygen atoms in total. The third-order valence-corrected chi connectivity index (χ3v) is 3.27. The normalized spacial score (nSPS) is 43.8. The van der Waals surface area contributed by atoms with Crippen molar-refractivity contribution < 1.29 is 4.74 Å². The Morgan fingerprint density at radius 3 is 2.40 bits per heavy atom. The van der Waals surface area contributed by atoms with E-state index in [0.29, 0.717) is 0 Å². The Morgan fingerprint density at radius 2 is 2.00 bits per heavy atom. The summed E-state index contributed by atoms with van der Waals surface area (Å²) in [5, 5.41) is 0. The van der Waals surface area contributed by atoms with Crippen molar-refractivity contribution in [2.24, 2.45) is 11.8 Å². The maximum atomic E-state index is 5.70. The van der Waals surface area contributed by atoms with E-state index in [0.717, 1.165) is 18.4 Å². The van der Waals surface area contributed by atoms with Crippen LogP contribution >= 0.6 is 0 Å². The van der Waals surface area contributed by atoms with E-state index in [-0.39, 0.29) is 5.60 Å². The minimum absolute atomic E-state index is 0.196. The highest BCUT2D eigenvalue weighted by Crippen LogP contribution is 2.47. The Labute approximate surface area is 62.8 Å². The summed E-state index contributed by atoms with van der Waals surface area (Å²) in [6, 6.07) is 0. The van der Waals surface area contributed by atoms with Gasteiger partial charge in [0.1, 0.15) is 0 Å². The van der Waals surface area contributed by atoms with E-state index in [1.807, 2.05) is 0 Å². The van der Waals surface area contributed by atoms with Crippen LogP contribution in [-0.2, 0) is 4.74 Å². The van der Waals surface area contributed by atoms with Gasteiger partial charge in [-0.2, -0.15) is 0 Å². The van der Waals surface area contributed by atoms with Crippen molar-refractivity contribution in [1.29, 1.82) is 0 Å². The molecule has 0 N–H and O–H groups in total. The molecule has 0 aromatic carbocycles. The topological polar surface area (TPSA) is 9.23 Å². The van der Waals surface area contributed by atoms with Gasteiger partial charge in [0.25, 0.3) is 0 Å². The highest BCUT2D eigenvalue weighted by Gasteiger charge is 2.45. The smallest absolute Gasteiger partial charge is 0.0657 e. The van der Waals surface area contributed by atoms with Crippen molar-refractivity contribution >= 4 is 0 Å². The summed E-state index contributed by atoms with van der Waals surface area (Å²) >= 11 is 0. The van der Waals surface area contributed by atoms with E-state index < -0.39 is 0 Å². The summed E-state index contributed by atoms with van der Waals surface area (Å²) in [6.07, 6.45) is 4.17. The van der Waals surface area contributed by atoms with Crippen LogP contribution in [0.25, 0.3) is 0 Å². The van der Waals surface area contributed by atoms with Gasteiger partial charge in [-0.15, -0.1) is 0 Å². The fraction of sp³-hybridized carbons (Fsp3) is 1.00. The van der Waals surface area contributed by atoms with Crippen LogP contribution in [0.1, 0.15) is 33.1 Å². The lowest BCUT2D eigenvalue weighted by atomic mass is 9.63. The maximum Gasteiger partial charge on any atom is 0.0657 e. The average Bonchev–Trinajstić information content (AvgIpc) is 1.73. The molecular formula is C9H16O. The second-order valence-corrected chi connectivity index (χ2v) is 4.18. The van der Waals surface area contributed by atoms with Gasteiger partial charge < -0.3 is 4.74 Å². The summed E-state index contributed by atoms with van der Waals surface area (Å²) in [5.41, 5.74) is 0.196. The van der Waals surface area contributed by atoms with Gasteiger partial charge in [0.05, 0.1) is 5.60 Å². The van der Waals surface area contributed by atoms with Crippen LogP contribution in [0.2, 0.25) is 0 Å². The van der Waals surface area contributed by atoms with E-state index in [1.54, 1.807) is 0 Å². The van der Waals surface area contributed by atoms with Crippen LogP contribution in [0, 0.1) is 11.8 Å². The number of hydrogen-bond donors (Lipinski definition) is 0. The van der Waals surface area contributed by atoms with E-state index in [9.17, 15) is 0 Å². The Bertz CT molecular complexity index is 140. The molecule has 1 heteroatoms. The fourth-order valence-electron chi connectivity index (χ4n) is 2.41. The SMILES string of the molecule is CC1(C)OCC[C@H]2CC[C@H]21. The van der Waals surface area contributed by atoms with Gasteiger partial charge in [-0.05, 0) is 44.9 Å². The predicted octanol–water partition coefficient (Wildman–Crippen LogP) is 2.21. The molecule has 0 radical (unpaired) electrons. The van der Waals surface area contributed by atoms with Crippen molar-refractivity contribution in [3.63, 3.8) is 0 Å². The number of rotatable bonds is 0. The summed E-state index contributed by atoms with van der Waals surface area (Å²) < 4.78 is 5.70. The molecule has 0 aromatic rings. The molecule has 1 heterocycles. The summed E-state index contributed by atoms with van der Waals surface area (Å²) in [5.74, 6) is 1.88. The summed E-state index contributed by atoms with van der Waals surface area (Å²) in [4.78, 5) is 0. The molecule has 0 aromatic heterocycles. The zero-order chi connectivity index (χ0) is 7.19. The van der Waals surface area contributed by atoms with E-state index >= 15 is 0 Å². The van der Waals surface area contributed by atoms with Crippen LogP contribution < -0.4 is 0 Å². The zero-order valence-corrected chi connectivity index (χ0v) is 6.89. The van der Waals surface area contributed by atoms with Crippen LogP contribution in [0.15, 0.2) is 0 Å². The molecular weight excluding hydrogens is 124 g/mol. The first-order valence-corrected chi connectivity index (χ1v) is 4.34. The zero-order valence-electron chi connectivity index (χ0n) is 6.89. The average molecular weight is 140 g/mol. The molecule has 1 saturated carbocycles. The van der Waals surface area contributed by atoms with Crippen molar-refractivity contribution in [2.45, 2.75) is 38.7 Å². The van der Waals surface area contributed by atoms with Crippen molar-refractivity contribution in [3.8, 4) is 0 Å². The van der Waals surface area contributed by atoms with Crippen molar-refractivity contribution in [1.82, 2.24) is 0 Å². The molecule has 1 aliphatic heterocycles. The lowest BCUT2D eigenvalue weighted by Crippen LogP contribution is -2.49. The fourth-order valence-corrected chi connectivity index (χ4v) is 2.41. The number of fused-ring (bicyclic) bond motifs is 1. The Hall–Kier alpha value is -0.0400. The standard InChI is InChI=1S/C9H16O/c1-9(2)8-4-3-7(8)5-6-10-9/h7-8H,3-6H2,1-2H3/t7-,8-/m1/s1. The van der Waals surface area contributed by atoms with Gasteiger partial charge in [-0.3, -0.25) is 0 Å². The van der Waals surface area contributed by atoms with Crippen LogP contribution in [0.5, 0.6) is 0 Å². The lowest BCUT2D eigenvalue weighted by Gasteiger charge is -2.50. The quantitative estimate of drug-likeness (QED) is 0.501. The van der Waals surface area contributed by atoms with Gasteiger partial charge >= 0.3 is 0 Å². The van der Waals surface area contributed by atoms with Gasteiger partial charge in [0.2, 0.25) is 0 Å². The second-order valence-electron chi connectivity index (χ2n) is 4.18. The molecule has 58 valence electrons. The molecule has 10 heavy (non-hydrogen) atoms. The second kappa shape index (κ2) is 1.97. The van der Waals surface area contributed by atoms with Crippen molar-refractivity contribution in [2.75, 3.05) is 6.61 Å². The van der Waals surface area contributed by atoms with E-state index in [2.05, 4.69) is 13.8 Å². The Kier molecular flexibility index (Phi) is 1.31. The molecule has 0 amide bonds. The highest BCUT2D eigenvalue weighted by molar-refractivity contribution is 4.94. The largest absolute Gasteiger partial charge is 0.375 e. The maximum absolute atomic E-state index is 5.70. The predicted molar refractivity (Wildman–Crippen MR) is 40.9 cm³/mol. The summed E-state index contributed by atoms with van der Waals surface area (Å²) in [6.45, 7) is 5.47. The monoisotopic (exact) mass is 140 g/mol. The molecule has 2 aliphatic rings. The molecule has 2 rings (SSSR count). The van der Waals surface area contributed by atoms with E-state index in [1.165, 1.54) is 19.3 Å². The minimum Gasteiger partial charge on any atom is -0.375 e. The molecule has 0 spiro atoms. The first-order valence-electron chi connectivity index (χ1n) is 4.34. The number of hydrogen-bond acceptors (Lipinski definition) is 1. The van der Waals surface area contributed by atoms with E-state index in [4.69, 9.17) is 4.74 Å². The number of ether oxygens (including phenoxy) is 1. The van der Waals surface area contributed by atoms with Crippen LogP contribution in [-0.4, -0.2) is 12.2 Å². The summed E-state index contributed by atoms with van der Waals surface area (Å²) in [7, 11) is 0.